The van der Waals surface area contributed by atoms with Gasteiger partial charge in [0, 0.05) is 35.4 Å². The van der Waals surface area contributed by atoms with Crippen LogP contribution in [0.2, 0.25) is 0 Å². The van der Waals surface area contributed by atoms with Crippen molar-refractivity contribution < 1.29 is 4.79 Å². The summed E-state index contributed by atoms with van der Waals surface area (Å²) in [5.74, 6) is -0.0482. The number of carbonyl (C=O) groups excluding carboxylic acids is 1. The zero-order chi connectivity index (χ0) is 17.1. The third-order valence-electron chi connectivity index (χ3n) is 4.37. The Hall–Kier alpha value is -2.48. The molecule has 1 fully saturated rings. The number of pyridine rings is 1. The van der Waals surface area contributed by atoms with Gasteiger partial charge in [-0.1, -0.05) is 11.8 Å². The number of carbonyl (C=O) groups is 1. The molecular weight excluding hydrogens is 336 g/mol. The third kappa shape index (κ3) is 3.79. The van der Waals surface area contributed by atoms with Gasteiger partial charge in [0.2, 0.25) is 0 Å². The molecule has 3 heterocycles. The van der Waals surface area contributed by atoms with Crippen LogP contribution in [0.4, 0.5) is 0 Å². The van der Waals surface area contributed by atoms with Gasteiger partial charge in [-0.3, -0.25) is 4.79 Å². The molecule has 0 saturated heterocycles. The van der Waals surface area contributed by atoms with Crippen LogP contribution < -0.4 is 5.32 Å². The molecule has 1 aliphatic carbocycles. The first-order valence-corrected chi connectivity index (χ1v) is 9.20. The van der Waals surface area contributed by atoms with E-state index in [4.69, 9.17) is 0 Å². The summed E-state index contributed by atoms with van der Waals surface area (Å²) in [4.78, 5) is 25.1. The maximum atomic E-state index is 12.5. The molecule has 1 aliphatic rings. The second-order valence-corrected chi connectivity index (χ2v) is 7.34. The Kier molecular flexibility index (Phi) is 4.60. The summed E-state index contributed by atoms with van der Waals surface area (Å²) in [6.07, 6.45) is 10.8. The smallest absolute Gasteiger partial charge is 0.251 e. The van der Waals surface area contributed by atoms with Crippen molar-refractivity contribution >= 4 is 23.3 Å². The van der Waals surface area contributed by atoms with E-state index in [1.54, 1.807) is 47.0 Å². The maximum absolute atomic E-state index is 12.5. The van der Waals surface area contributed by atoms with E-state index in [0.29, 0.717) is 16.5 Å². The fraction of sp³-hybridized carbons (Fsp3) is 0.353. The summed E-state index contributed by atoms with van der Waals surface area (Å²) in [6, 6.07) is 5.57. The molecule has 1 saturated carbocycles. The molecule has 0 atom stereocenters. The van der Waals surface area contributed by atoms with Crippen LogP contribution in [0, 0.1) is 0 Å². The van der Waals surface area contributed by atoms with Crippen molar-refractivity contribution in [1.29, 1.82) is 0 Å². The average Bonchev–Trinajstić information content (AvgIpc) is 3.12. The number of thioether (sulfide) groups is 1. The fourth-order valence-electron chi connectivity index (χ4n) is 3.05. The highest BCUT2D eigenvalue weighted by atomic mass is 32.2. The maximum Gasteiger partial charge on any atom is 0.251 e. The molecule has 8 heteroatoms. The Morgan fingerprint density at radius 2 is 1.96 bits per heavy atom. The monoisotopic (exact) mass is 354 g/mol. The quantitative estimate of drug-likeness (QED) is 0.724. The van der Waals surface area contributed by atoms with Crippen LogP contribution in [0.3, 0.4) is 0 Å². The first kappa shape index (κ1) is 16.0. The average molecular weight is 354 g/mol. The molecule has 128 valence electrons. The Morgan fingerprint density at radius 1 is 1.16 bits per heavy atom. The lowest BCUT2D eigenvalue weighted by molar-refractivity contribution is 0.0928. The molecule has 7 nitrogen and oxygen atoms in total. The molecule has 3 aromatic rings. The highest BCUT2D eigenvalue weighted by Gasteiger charge is 2.24. The third-order valence-corrected chi connectivity index (χ3v) is 5.59. The van der Waals surface area contributed by atoms with E-state index in [2.05, 4.69) is 25.4 Å². The minimum absolute atomic E-state index is 0.0482. The normalized spacial score (nSPS) is 20.5. The Morgan fingerprint density at radius 3 is 2.76 bits per heavy atom. The van der Waals surface area contributed by atoms with E-state index in [1.165, 1.54) is 6.33 Å². The van der Waals surface area contributed by atoms with E-state index in [0.717, 1.165) is 30.8 Å². The van der Waals surface area contributed by atoms with Gasteiger partial charge in [0.15, 0.2) is 10.8 Å². The molecule has 0 radical (unpaired) electrons. The van der Waals surface area contributed by atoms with Gasteiger partial charge in [-0.15, -0.1) is 0 Å². The molecule has 1 amide bonds. The van der Waals surface area contributed by atoms with E-state index >= 15 is 0 Å². The number of hydrogen-bond acceptors (Lipinski definition) is 6. The molecule has 0 unspecified atom stereocenters. The molecule has 25 heavy (non-hydrogen) atoms. The minimum atomic E-state index is -0.0482. The second kappa shape index (κ2) is 7.18. The van der Waals surface area contributed by atoms with E-state index in [9.17, 15) is 4.79 Å². The van der Waals surface area contributed by atoms with Crippen LogP contribution in [0.5, 0.6) is 0 Å². The van der Waals surface area contributed by atoms with Crippen molar-refractivity contribution in [3.05, 3.63) is 48.7 Å². The lowest BCUT2D eigenvalue weighted by Crippen LogP contribution is -2.38. The zero-order valence-electron chi connectivity index (χ0n) is 13.6. The van der Waals surface area contributed by atoms with E-state index in [-0.39, 0.29) is 11.9 Å². The standard InChI is InChI=1S/C17H18N6OS/c24-16(12-6-9-23-15(10-12)20-11-21-23)22-13-2-4-14(5-3-13)25-17-18-7-1-8-19-17/h1,6-11,13-14H,2-5H2,(H,22,24). The van der Waals surface area contributed by atoms with Gasteiger partial charge >= 0.3 is 0 Å². The van der Waals surface area contributed by atoms with Crippen molar-refractivity contribution in [2.75, 3.05) is 0 Å². The second-order valence-electron chi connectivity index (χ2n) is 6.07. The predicted molar refractivity (Wildman–Crippen MR) is 94.4 cm³/mol. The van der Waals surface area contributed by atoms with E-state index in [1.807, 2.05) is 6.07 Å². The summed E-state index contributed by atoms with van der Waals surface area (Å²) in [5.41, 5.74) is 1.30. The molecule has 4 rings (SSSR count). The van der Waals surface area contributed by atoms with Gasteiger partial charge in [-0.05, 0) is 43.9 Å². The highest BCUT2D eigenvalue weighted by Crippen LogP contribution is 2.31. The molecule has 0 aromatic carbocycles. The Labute approximate surface area is 149 Å². The van der Waals surface area contributed by atoms with Gasteiger partial charge in [0.1, 0.15) is 6.33 Å². The molecule has 0 aliphatic heterocycles. The molecule has 3 aromatic heterocycles. The van der Waals surface area contributed by atoms with Crippen molar-refractivity contribution in [2.24, 2.45) is 0 Å². The highest BCUT2D eigenvalue weighted by molar-refractivity contribution is 7.99. The topological polar surface area (TPSA) is 85.1 Å². The van der Waals surface area contributed by atoms with Gasteiger partial charge in [-0.2, -0.15) is 5.10 Å². The summed E-state index contributed by atoms with van der Waals surface area (Å²) < 4.78 is 1.64. The lowest BCUT2D eigenvalue weighted by Gasteiger charge is -2.28. The lowest BCUT2D eigenvalue weighted by atomic mass is 9.95. The largest absolute Gasteiger partial charge is 0.349 e. The fourth-order valence-corrected chi connectivity index (χ4v) is 4.10. The summed E-state index contributed by atoms with van der Waals surface area (Å²) in [7, 11) is 0. The SMILES string of the molecule is O=C(NC1CCC(Sc2ncccn2)CC1)c1ccn2ncnc2c1. The predicted octanol–water partition coefficient (Wildman–Crippen LogP) is 2.35. The van der Waals surface area contributed by atoms with Crippen molar-refractivity contribution in [3.63, 3.8) is 0 Å². The first-order valence-electron chi connectivity index (χ1n) is 8.32. The van der Waals surface area contributed by atoms with Crippen LogP contribution in [0.15, 0.2) is 48.3 Å². The van der Waals surface area contributed by atoms with Crippen molar-refractivity contribution in [2.45, 2.75) is 42.1 Å². The molecule has 0 bridgehead atoms. The minimum Gasteiger partial charge on any atom is -0.349 e. The number of rotatable bonds is 4. The van der Waals surface area contributed by atoms with Gasteiger partial charge < -0.3 is 5.32 Å². The zero-order valence-corrected chi connectivity index (χ0v) is 14.4. The van der Waals surface area contributed by atoms with Crippen molar-refractivity contribution in [3.8, 4) is 0 Å². The Balaban J connectivity index is 1.31. The van der Waals surface area contributed by atoms with Crippen LogP contribution >= 0.6 is 11.8 Å². The number of aromatic nitrogens is 5. The summed E-state index contributed by atoms with van der Waals surface area (Å²) in [5, 5.41) is 8.53. The summed E-state index contributed by atoms with van der Waals surface area (Å²) in [6.45, 7) is 0. The van der Waals surface area contributed by atoms with Gasteiger partial charge in [0.25, 0.3) is 5.91 Å². The molecule has 0 spiro atoms. The van der Waals surface area contributed by atoms with Crippen molar-refractivity contribution in [1.82, 2.24) is 29.9 Å². The number of hydrogen-bond donors (Lipinski definition) is 1. The summed E-state index contributed by atoms with van der Waals surface area (Å²) >= 11 is 1.73. The van der Waals surface area contributed by atoms with Gasteiger partial charge in [-0.25, -0.2) is 19.5 Å². The van der Waals surface area contributed by atoms with Crippen LogP contribution in [-0.2, 0) is 0 Å². The van der Waals surface area contributed by atoms with Crippen LogP contribution in [-0.4, -0.2) is 41.8 Å². The van der Waals surface area contributed by atoms with Crippen LogP contribution in [0.25, 0.3) is 5.65 Å². The van der Waals surface area contributed by atoms with Gasteiger partial charge in [0.05, 0.1) is 0 Å². The molecule has 1 N–H and O–H groups in total. The van der Waals surface area contributed by atoms with Crippen LogP contribution in [0.1, 0.15) is 36.0 Å². The number of amides is 1. The number of nitrogens with one attached hydrogen (secondary N) is 1. The molecular formula is C17H18N6OS. The van der Waals surface area contributed by atoms with E-state index < -0.39 is 0 Å². The first-order chi connectivity index (χ1) is 12.3. The number of nitrogens with zero attached hydrogens (tertiary/aromatic N) is 5. The number of fused-ring (bicyclic) bond motifs is 1. The Bertz CT molecular complexity index is 860.